The van der Waals surface area contributed by atoms with E-state index in [4.69, 9.17) is 16.3 Å². The second-order valence-corrected chi connectivity index (χ2v) is 8.02. The standard InChI is InChI=1S/C26H25ClN4O2/c27-22-10-12-23(13-11-22)33-16-5-4-15-29-26(32)24-19-31(18-20-7-2-1-3-8-20)30-25(24)21-9-6-14-28-17-21/h1-3,6-14,17,19H,4-5,15-16,18H2,(H,29,32). The van der Waals surface area contributed by atoms with E-state index in [1.54, 1.807) is 35.4 Å². The molecule has 2 aromatic heterocycles. The van der Waals surface area contributed by atoms with Crippen LogP contribution in [-0.2, 0) is 6.54 Å². The van der Waals surface area contributed by atoms with Crippen LogP contribution >= 0.6 is 11.6 Å². The fourth-order valence-electron chi connectivity index (χ4n) is 3.40. The number of unbranched alkanes of at least 4 members (excludes halogenated alkanes) is 1. The van der Waals surface area contributed by atoms with Crippen LogP contribution < -0.4 is 10.1 Å². The number of carbonyl (C=O) groups is 1. The predicted octanol–water partition coefficient (Wildman–Crippen LogP) is 5.24. The molecule has 0 radical (unpaired) electrons. The Morgan fingerprint density at radius 1 is 1.00 bits per heavy atom. The van der Waals surface area contributed by atoms with Gasteiger partial charge in [0.15, 0.2) is 0 Å². The third-order valence-corrected chi connectivity index (χ3v) is 5.32. The number of nitrogens with one attached hydrogen (secondary N) is 1. The first-order valence-corrected chi connectivity index (χ1v) is 11.3. The average molecular weight is 461 g/mol. The number of pyridine rings is 1. The van der Waals surface area contributed by atoms with Crippen molar-refractivity contribution >= 4 is 17.5 Å². The summed E-state index contributed by atoms with van der Waals surface area (Å²) < 4.78 is 7.50. The number of rotatable bonds is 10. The molecule has 7 heteroatoms. The second-order valence-electron chi connectivity index (χ2n) is 7.58. The van der Waals surface area contributed by atoms with Gasteiger partial charge in [-0.25, -0.2) is 0 Å². The van der Waals surface area contributed by atoms with Gasteiger partial charge < -0.3 is 10.1 Å². The minimum absolute atomic E-state index is 0.146. The van der Waals surface area contributed by atoms with Gasteiger partial charge in [-0.1, -0.05) is 41.9 Å². The van der Waals surface area contributed by atoms with E-state index in [1.165, 1.54) is 0 Å². The average Bonchev–Trinajstić information content (AvgIpc) is 3.27. The summed E-state index contributed by atoms with van der Waals surface area (Å²) in [6.07, 6.45) is 6.86. The number of halogens is 1. The molecular formula is C26H25ClN4O2. The monoisotopic (exact) mass is 460 g/mol. The van der Waals surface area contributed by atoms with Crippen LogP contribution in [0.2, 0.25) is 5.02 Å². The normalized spacial score (nSPS) is 10.7. The van der Waals surface area contributed by atoms with Crippen LogP contribution in [0.4, 0.5) is 0 Å². The SMILES string of the molecule is O=C(NCCCCOc1ccc(Cl)cc1)c1cn(Cc2ccccc2)nc1-c1cccnc1. The molecule has 0 fully saturated rings. The highest BCUT2D eigenvalue weighted by molar-refractivity contribution is 6.30. The lowest BCUT2D eigenvalue weighted by Gasteiger charge is -2.07. The van der Waals surface area contributed by atoms with Crippen molar-refractivity contribution in [3.8, 4) is 17.0 Å². The van der Waals surface area contributed by atoms with Gasteiger partial charge in [0.2, 0.25) is 0 Å². The van der Waals surface area contributed by atoms with Crippen LogP contribution in [0.1, 0.15) is 28.8 Å². The fourth-order valence-corrected chi connectivity index (χ4v) is 3.53. The molecular weight excluding hydrogens is 436 g/mol. The van der Waals surface area contributed by atoms with E-state index in [1.807, 2.05) is 54.6 Å². The van der Waals surface area contributed by atoms with Crippen LogP contribution in [0.3, 0.4) is 0 Å². The highest BCUT2D eigenvalue weighted by Gasteiger charge is 2.18. The van der Waals surface area contributed by atoms with Crippen molar-refractivity contribution < 1.29 is 9.53 Å². The summed E-state index contributed by atoms with van der Waals surface area (Å²) in [5, 5.41) is 8.37. The van der Waals surface area contributed by atoms with Gasteiger partial charge in [0, 0.05) is 35.7 Å². The maximum atomic E-state index is 13.0. The lowest BCUT2D eigenvalue weighted by molar-refractivity contribution is 0.0953. The van der Waals surface area contributed by atoms with E-state index in [-0.39, 0.29) is 5.91 Å². The van der Waals surface area contributed by atoms with E-state index in [9.17, 15) is 4.79 Å². The van der Waals surface area contributed by atoms with E-state index in [2.05, 4.69) is 15.4 Å². The number of aromatic nitrogens is 3. The highest BCUT2D eigenvalue weighted by Crippen LogP contribution is 2.22. The summed E-state index contributed by atoms with van der Waals surface area (Å²) >= 11 is 5.88. The van der Waals surface area contributed by atoms with Gasteiger partial charge >= 0.3 is 0 Å². The van der Waals surface area contributed by atoms with Crippen molar-refractivity contribution in [1.29, 1.82) is 0 Å². The van der Waals surface area contributed by atoms with E-state index >= 15 is 0 Å². The van der Waals surface area contributed by atoms with Gasteiger partial charge in [0.05, 0.1) is 18.7 Å². The number of amides is 1. The Morgan fingerprint density at radius 3 is 2.58 bits per heavy atom. The van der Waals surface area contributed by atoms with Crippen LogP contribution in [-0.4, -0.2) is 33.8 Å². The van der Waals surface area contributed by atoms with E-state index in [0.29, 0.717) is 36.0 Å². The van der Waals surface area contributed by atoms with Crippen molar-refractivity contribution in [3.63, 3.8) is 0 Å². The van der Waals surface area contributed by atoms with Crippen LogP contribution in [0.5, 0.6) is 5.75 Å². The first kappa shape index (κ1) is 22.6. The van der Waals surface area contributed by atoms with Crippen molar-refractivity contribution in [2.24, 2.45) is 0 Å². The number of ether oxygens (including phenoxy) is 1. The second kappa shape index (κ2) is 11.3. The van der Waals surface area contributed by atoms with Crippen LogP contribution in [0.25, 0.3) is 11.3 Å². The van der Waals surface area contributed by atoms with Gasteiger partial charge in [-0.15, -0.1) is 0 Å². The number of hydrogen-bond donors (Lipinski definition) is 1. The Morgan fingerprint density at radius 2 is 1.82 bits per heavy atom. The third-order valence-electron chi connectivity index (χ3n) is 5.07. The molecule has 0 saturated heterocycles. The highest BCUT2D eigenvalue weighted by atomic mass is 35.5. The van der Waals surface area contributed by atoms with Gasteiger partial charge in [-0.2, -0.15) is 5.10 Å². The molecule has 0 aliphatic heterocycles. The van der Waals surface area contributed by atoms with Gasteiger partial charge in [-0.05, 0) is 54.8 Å². The van der Waals surface area contributed by atoms with Crippen LogP contribution in [0.15, 0.2) is 85.3 Å². The fraction of sp³-hybridized carbons (Fsp3) is 0.192. The van der Waals surface area contributed by atoms with Crippen molar-refractivity contribution in [2.45, 2.75) is 19.4 Å². The number of benzene rings is 2. The molecule has 0 aliphatic rings. The number of nitrogens with zero attached hydrogens (tertiary/aromatic N) is 3. The maximum absolute atomic E-state index is 13.0. The first-order chi connectivity index (χ1) is 16.2. The van der Waals surface area contributed by atoms with Gasteiger partial charge in [0.25, 0.3) is 5.91 Å². The van der Waals surface area contributed by atoms with Gasteiger partial charge in [0.1, 0.15) is 11.4 Å². The molecule has 168 valence electrons. The molecule has 0 saturated carbocycles. The summed E-state index contributed by atoms with van der Waals surface area (Å²) in [7, 11) is 0. The van der Waals surface area contributed by atoms with Crippen molar-refractivity contribution in [1.82, 2.24) is 20.1 Å². The molecule has 0 unspecified atom stereocenters. The summed E-state index contributed by atoms with van der Waals surface area (Å²) in [4.78, 5) is 17.1. The molecule has 0 aliphatic carbocycles. The van der Waals surface area contributed by atoms with Crippen molar-refractivity contribution in [3.05, 3.63) is 101 Å². The summed E-state index contributed by atoms with van der Waals surface area (Å²) in [6, 6.07) is 21.1. The lowest BCUT2D eigenvalue weighted by atomic mass is 10.1. The number of carbonyl (C=O) groups excluding carboxylic acids is 1. The minimum atomic E-state index is -0.146. The molecule has 4 rings (SSSR count). The Bertz CT molecular complexity index is 1160. The largest absolute Gasteiger partial charge is 0.494 e. The molecule has 4 aromatic rings. The Kier molecular flexibility index (Phi) is 7.72. The van der Waals surface area contributed by atoms with Crippen molar-refractivity contribution in [2.75, 3.05) is 13.2 Å². The Labute approximate surface area is 198 Å². The molecule has 6 nitrogen and oxygen atoms in total. The zero-order valence-electron chi connectivity index (χ0n) is 18.2. The maximum Gasteiger partial charge on any atom is 0.255 e. The van der Waals surface area contributed by atoms with Crippen LogP contribution in [0, 0.1) is 0 Å². The predicted molar refractivity (Wildman–Crippen MR) is 130 cm³/mol. The Balaban J connectivity index is 1.35. The van der Waals surface area contributed by atoms with Gasteiger partial charge in [-0.3, -0.25) is 14.5 Å². The molecule has 1 amide bonds. The molecule has 1 N–H and O–H groups in total. The zero-order valence-corrected chi connectivity index (χ0v) is 18.9. The molecule has 0 bridgehead atoms. The number of hydrogen-bond acceptors (Lipinski definition) is 4. The minimum Gasteiger partial charge on any atom is -0.494 e. The molecule has 33 heavy (non-hydrogen) atoms. The smallest absolute Gasteiger partial charge is 0.255 e. The Hall–Kier alpha value is -3.64. The molecule has 0 spiro atoms. The zero-order chi connectivity index (χ0) is 22.9. The molecule has 2 aromatic carbocycles. The topological polar surface area (TPSA) is 69.0 Å². The quantitative estimate of drug-likeness (QED) is 0.329. The first-order valence-electron chi connectivity index (χ1n) is 10.9. The third kappa shape index (κ3) is 6.43. The lowest BCUT2D eigenvalue weighted by Crippen LogP contribution is -2.25. The summed E-state index contributed by atoms with van der Waals surface area (Å²) in [5.41, 5.74) is 3.09. The molecule has 0 atom stereocenters. The molecule has 2 heterocycles. The van der Waals surface area contributed by atoms with E-state index in [0.717, 1.165) is 29.7 Å². The summed E-state index contributed by atoms with van der Waals surface area (Å²) in [6.45, 7) is 1.72. The van der Waals surface area contributed by atoms with E-state index < -0.39 is 0 Å². The summed E-state index contributed by atoms with van der Waals surface area (Å²) in [5.74, 6) is 0.641.